The second kappa shape index (κ2) is 10.5. The van der Waals surface area contributed by atoms with Gasteiger partial charge in [0.15, 0.2) is 0 Å². The maximum Gasteiger partial charge on any atom is 0.240 e. The molecule has 2 aromatic carbocycles. The van der Waals surface area contributed by atoms with Crippen molar-refractivity contribution in [2.24, 2.45) is 5.92 Å². The van der Waals surface area contributed by atoms with Crippen molar-refractivity contribution < 1.29 is 13.2 Å². The van der Waals surface area contributed by atoms with Crippen molar-refractivity contribution in [1.82, 2.24) is 9.62 Å². The van der Waals surface area contributed by atoms with Crippen LogP contribution in [0.2, 0.25) is 0 Å². The van der Waals surface area contributed by atoms with Crippen LogP contribution in [0.5, 0.6) is 0 Å². The Morgan fingerprint density at radius 2 is 1.60 bits per heavy atom. The predicted molar refractivity (Wildman–Crippen MR) is 123 cm³/mol. The predicted octanol–water partition coefficient (Wildman–Crippen LogP) is 3.91. The van der Waals surface area contributed by atoms with E-state index in [-0.39, 0.29) is 28.0 Å². The van der Waals surface area contributed by atoms with Crippen molar-refractivity contribution >= 4 is 27.7 Å². The van der Waals surface area contributed by atoms with Gasteiger partial charge in [0, 0.05) is 24.9 Å². The van der Waals surface area contributed by atoms with Gasteiger partial charge in [-0.1, -0.05) is 62.4 Å². The molecule has 1 aliphatic rings. The van der Waals surface area contributed by atoms with Gasteiger partial charge in [-0.25, -0.2) is 13.1 Å². The van der Waals surface area contributed by atoms with Crippen LogP contribution in [0.3, 0.4) is 0 Å². The van der Waals surface area contributed by atoms with Crippen molar-refractivity contribution in [2.45, 2.75) is 48.6 Å². The molecule has 30 heavy (non-hydrogen) atoms. The molecular formula is C23H30N2O3S2. The van der Waals surface area contributed by atoms with Gasteiger partial charge in [-0.05, 0) is 36.5 Å². The number of sulfonamides is 1. The molecular weight excluding hydrogens is 416 g/mol. The lowest BCUT2D eigenvalue weighted by atomic mass is 10.0. The molecule has 1 unspecified atom stereocenters. The van der Waals surface area contributed by atoms with Crippen LogP contribution in [-0.2, 0) is 20.6 Å². The molecule has 0 saturated carbocycles. The Labute approximate surface area is 184 Å². The summed E-state index contributed by atoms with van der Waals surface area (Å²) in [5.74, 6) is 1.21. The molecule has 2 aromatic rings. The molecule has 0 spiro atoms. The first-order chi connectivity index (χ1) is 14.4. The molecule has 1 amide bonds. The van der Waals surface area contributed by atoms with Gasteiger partial charge in [0.25, 0.3) is 0 Å². The van der Waals surface area contributed by atoms with Crippen LogP contribution in [0.1, 0.15) is 32.3 Å². The van der Waals surface area contributed by atoms with E-state index < -0.39 is 10.0 Å². The Hall–Kier alpha value is -1.83. The molecule has 3 rings (SSSR count). The molecule has 1 saturated heterocycles. The topological polar surface area (TPSA) is 66.5 Å². The highest BCUT2D eigenvalue weighted by Gasteiger charge is 2.31. The van der Waals surface area contributed by atoms with E-state index >= 15 is 0 Å². The maximum atomic E-state index is 13.1. The van der Waals surface area contributed by atoms with E-state index in [1.165, 1.54) is 5.56 Å². The Balaban J connectivity index is 1.54. The lowest BCUT2D eigenvalue weighted by Gasteiger charge is -2.35. The fourth-order valence-electron chi connectivity index (χ4n) is 3.59. The first-order valence-electron chi connectivity index (χ1n) is 10.4. The van der Waals surface area contributed by atoms with Gasteiger partial charge >= 0.3 is 0 Å². The number of nitrogens with one attached hydrogen (secondary N) is 1. The molecule has 0 aromatic heterocycles. The third kappa shape index (κ3) is 6.09. The van der Waals surface area contributed by atoms with Crippen molar-refractivity contribution in [1.29, 1.82) is 0 Å². The van der Waals surface area contributed by atoms with E-state index in [0.717, 1.165) is 5.75 Å². The zero-order valence-corrected chi connectivity index (χ0v) is 19.2. The molecule has 5 nitrogen and oxygen atoms in total. The molecule has 0 aliphatic carbocycles. The van der Waals surface area contributed by atoms with Gasteiger partial charge in [-0.3, -0.25) is 4.79 Å². The average Bonchev–Trinajstić information content (AvgIpc) is 2.75. The smallest absolute Gasteiger partial charge is 0.240 e. The Kier molecular flexibility index (Phi) is 7.97. The fourth-order valence-corrected chi connectivity index (χ4v) is 6.16. The van der Waals surface area contributed by atoms with Gasteiger partial charge in [-0.2, -0.15) is 0 Å². The van der Waals surface area contributed by atoms with Crippen LogP contribution >= 0.6 is 11.8 Å². The third-order valence-electron chi connectivity index (χ3n) is 5.30. The summed E-state index contributed by atoms with van der Waals surface area (Å²) in [6, 6.07) is 18.5. The van der Waals surface area contributed by atoms with Crippen molar-refractivity contribution in [3.8, 4) is 0 Å². The first-order valence-corrected chi connectivity index (χ1v) is 12.9. The summed E-state index contributed by atoms with van der Waals surface area (Å²) in [6.45, 7) is 5.33. The number of thioether (sulfide) groups is 1. The minimum atomic E-state index is -3.52. The summed E-state index contributed by atoms with van der Waals surface area (Å²) in [7, 11) is -3.52. The highest BCUT2D eigenvalue weighted by Crippen LogP contribution is 2.27. The van der Waals surface area contributed by atoms with Crippen LogP contribution in [0, 0.1) is 5.92 Å². The summed E-state index contributed by atoms with van der Waals surface area (Å²) >= 11 is 1.69. The normalized spacial score (nSPS) is 16.6. The highest BCUT2D eigenvalue weighted by molar-refractivity contribution is 7.99. The summed E-state index contributed by atoms with van der Waals surface area (Å²) in [4.78, 5) is 15.3. The zero-order chi connectivity index (χ0) is 21.6. The Morgan fingerprint density at radius 3 is 2.17 bits per heavy atom. The number of piperidine rings is 1. The Morgan fingerprint density at radius 1 is 1.03 bits per heavy atom. The largest absolute Gasteiger partial charge is 0.342 e. The second-order valence-electron chi connectivity index (χ2n) is 8.00. The molecule has 7 heteroatoms. The number of nitrogens with zero attached hydrogens (tertiary/aromatic N) is 1. The molecule has 1 N–H and O–H groups in total. The monoisotopic (exact) mass is 446 g/mol. The number of benzene rings is 2. The van der Waals surface area contributed by atoms with E-state index in [1.54, 1.807) is 42.1 Å². The Bertz CT molecular complexity index is 910. The van der Waals surface area contributed by atoms with Crippen LogP contribution in [0.4, 0.5) is 0 Å². The molecule has 162 valence electrons. The van der Waals surface area contributed by atoms with Crippen molar-refractivity contribution in [3.63, 3.8) is 0 Å². The van der Waals surface area contributed by atoms with E-state index in [1.807, 2.05) is 23.1 Å². The maximum absolute atomic E-state index is 13.1. The molecule has 1 aliphatic heterocycles. The number of hydrogen-bond donors (Lipinski definition) is 1. The minimum Gasteiger partial charge on any atom is -0.342 e. The van der Waals surface area contributed by atoms with Gasteiger partial charge in [0.1, 0.15) is 0 Å². The molecule has 1 heterocycles. The van der Waals surface area contributed by atoms with Gasteiger partial charge in [-0.15, -0.1) is 11.8 Å². The van der Waals surface area contributed by atoms with E-state index in [9.17, 15) is 13.2 Å². The number of rotatable bonds is 8. The summed E-state index contributed by atoms with van der Waals surface area (Å²) in [5, 5.41) is -0.0947. The van der Waals surface area contributed by atoms with Crippen molar-refractivity contribution in [2.75, 3.05) is 13.1 Å². The summed E-state index contributed by atoms with van der Waals surface area (Å²) < 4.78 is 27.9. The standard InChI is InChI=1S/C23H30N2O3S2/c1-18(2)22(29-17-19-9-5-3-6-10-19)23(26)25-15-13-20(14-16-25)24-30(27,28)21-11-7-4-8-12-21/h3-12,18,20,22,24H,13-17H2,1-2H3. The van der Waals surface area contributed by atoms with Gasteiger partial charge < -0.3 is 4.90 Å². The van der Waals surface area contributed by atoms with Crippen LogP contribution in [0.25, 0.3) is 0 Å². The van der Waals surface area contributed by atoms with Crippen LogP contribution in [0.15, 0.2) is 65.6 Å². The number of carbonyl (C=O) groups is 1. The summed E-state index contributed by atoms with van der Waals surface area (Å²) in [5.41, 5.74) is 1.22. The number of carbonyl (C=O) groups excluding carboxylic acids is 1. The van der Waals surface area contributed by atoms with Gasteiger partial charge in [0.2, 0.25) is 15.9 Å². The third-order valence-corrected chi connectivity index (χ3v) is 8.44. The molecule has 1 atom stereocenters. The van der Waals surface area contributed by atoms with Crippen LogP contribution < -0.4 is 4.72 Å². The van der Waals surface area contributed by atoms with E-state index in [2.05, 4.69) is 30.7 Å². The number of likely N-dealkylation sites (tertiary alicyclic amines) is 1. The second-order valence-corrected chi connectivity index (χ2v) is 10.8. The number of hydrogen-bond acceptors (Lipinski definition) is 4. The van der Waals surface area contributed by atoms with Crippen LogP contribution in [-0.4, -0.2) is 43.6 Å². The zero-order valence-electron chi connectivity index (χ0n) is 17.5. The van der Waals surface area contributed by atoms with Crippen molar-refractivity contribution in [3.05, 3.63) is 66.2 Å². The van der Waals surface area contributed by atoms with Gasteiger partial charge in [0.05, 0.1) is 10.1 Å². The SMILES string of the molecule is CC(C)C(SCc1ccccc1)C(=O)N1CCC(NS(=O)(=O)c2ccccc2)CC1. The number of amides is 1. The molecule has 0 radical (unpaired) electrons. The molecule has 0 bridgehead atoms. The first kappa shape index (κ1) is 22.8. The summed E-state index contributed by atoms with van der Waals surface area (Å²) in [6.07, 6.45) is 1.26. The molecule has 1 fully saturated rings. The average molecular weight is 447 g/mol. The highest BCUT2D eigenvalue weighted by atomic mass is 32.2. The quantitative estimate of drug-likeness (QED) is 0.668. The van der Waals surface area contributed by atoms with E-state index in [4.69, 9.17) is 0 Å². The lowest BCUT2D eigenvalue weighted by molar-refractivity contribution is -0.132. The lowest BCUT2D eigenvalue weighted by Crippen LogP contribution is -2.49. The minimum absolute atomic E-state index is 0.0947. The van der Waals surface area contributed by atoms with E-state index in [0.29, 0.717) is 25.9 Å². The fraction of sp³-hybridized carbons (Fsp3) is 0.435.